The van der Waals surface area contributed by atoms with Crippen molar-refractivity contribution in [3.8, 4) is 0 Å². The summed E-state index contributed by atoms with van der Waals surface area (Å²) in [5.74, 6) is 0.226. The van der Waals surface area contributed by atoms with E-state index in [9.17, 15) is 9.59 Å². The van der Waals surface area contributed by atoms with Crippen molar-refractivity contribution < 1.29 is 14.3 Å². The number of carbonyl (C=O) groups is 2. The number of rotatable bonds is 7. The van der Waals surface area contributed by atoms with E-state index >= 15 is 0 Å². The minimum Gasteiger partial charge on any atom is -0.466 e. The molecule has 0 unspecified atom stereocenters. The van der Waals surface area contributed by atoms with Crippen LogP contribution in [0.25, 0.3) is 0 Å². The number of hydrogen-bond acceptors (Lipinski definition) is 4. The SMILES string of the molecule is CCOC(=O)[C@H](CSC(C)(C)C)CC(=O)CC. The zero-order valence-corrected chi connectivity index (χ0v) is 12.4. The summed E-state index contributed by atoms with van der Waals surface area (Å²) < 4.78 is 5.11. The first-order valence-electron chi connectivity index (χ1n) is 6.12. The van der Waals surface area contributed by atoms with Gasteiger partial charge in [0.2, 0.25) is 0 Å². The first-order chi connectivity index (χ1) is 7.80. The first kappa shape index (κ1) is 16.5. The molecule has 17 heavy (non-hydrogen) atoms. The Morgan fingerprint density at radius 2 is 1.82 bits per heavy atom. The summed E-state index contributed by atoms with van der Waals surface area (Å²) in [5.41, 5.74) is 0. The second-order valence-corrected chi connectivity index (χ2v) is 6.82. The molecule has 3 nitrogen and oxygen atoms in total. The molecule has 0 spiro atoms. The van der Waals surface area contributed by atoms with Gasteiger partial charge in [-0.3, -0.25) is 9.59 Å². The molecule has 0 aromatic rings. The Morgan fingerprint density at radius 1 is 1.24 bits per heavy atom. The van der Waals surface area contributed by atoms with Crippen molar-refractivity contribution in [3.05, 3.63) is 0 Å². The maximum Gasteiger partial charge on any atom is 0.310 e. The van der Waals surface area contributed by atoms with Crippen molar-refractivity contribution in [2.45, 2.75) is 52.2 Å². The van der Waals surface area contributed by atoms with Crippen LogP contribution in [0.2, 0.25) is 0 Å². The van der Waals surface area contributed by atoms with Crippen molar-refractivity contribution >= 4 is 23.5 Å². The lowest BCUT2D eigenvalue weighted by molar-refractivity contribution is -0.148. The highest BCUT2D eigenvalue weighted by Crippen LogP contribution is 2.27. The minimum atomic E-state index is -0.299. The Balaban J connectivity index is 4.40. The molecule has 0 aliphatic rings. The van der Waals surface area contributed by atoms with Crippen LogP contribution in [0.1, 0.15) is 47.5 Å². The lowest BCUT2D eigenvalue weighted by Crippen LogP contribution is -2.25. The first-order valence-corrected chi connectivity index (χ1v) is 7.11. The van der Waals surface area contributed by atoms with E-state index in [4.69, 9.17) is 4.74 Å². The molecule has 0 saturated carbocycles. The lowest BCUT2D eigenvalue weighted by Gasteiger charge is -2.21. The maximum absolute atomic E-state index is 11.7. The summed E-state index contributed by atoms with van der Waals surface area (Å²) in [4.78, 5) is 23.2. The van der Waals surface area contributed by atoms with E-state index in [1.165, 1.54) is 0 Å². The minimum absolute atomic E-state index is 0.0972. The second kappa shape index (κ2) is 7.75. The van der Waals surface area contributed by atoms with Crippen LogP contribution in [0.15, 0.2) is 0 Å². The predicted octanol–water partition coefficient (Wildman–Crippen LogP) is 3.07. The molecule has 0 aliphatic carbocycles. The van der Waals surface area contributed by atoms with Gasteiger partial charge in [-0.2, -0.15) is 11.8 Å². The van der Waals surface area contributed by atoms with Crippen molar-refractivity contribution in [3.63, 3.8) is 0 Å². The van der Waals surface area contributed by atoms with Crippen molar-refractivity contribution in [2.24, 2.45) is 5.92 Å². The van der Waals surface area contributed by atoms with Crippen molar-refractivity contribution in [1.29, 1.82) is 0 Å². The maximum atomic E-state index is 11.7. The molecule has 0 aromatic heterocycles. The third-order valence-electron chi connectivity index (χ3n) is 2.21. The highest BCUT2D eigenvalue weighted by atomic mass is 32.2. The summed E-state index contributed by atoms with van der Waals surface area (Å²) in [6, 6.07) is 0. The van der Waals surface area contributed by atoms with Gasteiger partial charge in [0.05, 0.1) is 12.5 Å². The van der Waals surface area contributed by atoms with E-state index in [0.717, 1.165) is 0 Å². The Labute approximate surface area is 109 Å². The van der Waals surface area contributed by atoms with Crippen LogP contribution in [-0.2, 0) is 14.3 Å². The predicted molar refractivity (Wildman–Crippen MR) is 72.2 cm³/mol. The molecule has 0 aliphatic heterocycles. The Morgan fingerprint density at radius 3 is 2.24 bits per heavy atom. The largest absolute Gasteiger partial charge is 0.466 e. The third-order valence-corrected chi connectivity index (χ3v) is 3.64. The molecule has 0 bridgehead atoms. The van der Waals surface area contributed by atoms with Crippen molar-refractivity contribution in [1.82, 2.24) is 0 Å². The number of thioether (sulfide) groups is 1. The number of Topliss-reactive ketones (excluding diaryl/α,β-unsaturated/α-hetero) is 1. The average Bonchev–Trinajstić information content (AvgIpc) is 2.22. The molecule has 0 heterocycles. The summed E-state index contributed by atoms with van der Waals surface area (Å²) in [5, 5.41) is 0. The van der Waals surface area contributed by atoms with E-state index in [1.807, 2.05) is 6.92 Å². The molecule has 0 saturated heterocycles. The summed E-state index contributed by atoms with van der Waals surface area (Å²) in [7, 11) is 0. The highest BCUT2D eigenvalue weighted by Gasteiger charge is 2.24. The highest BCUT2D eigenvalue weighted by molar-refractivity contribution is 8.00. The quantitative estimate of drug-likeness (QED) is 0.660. The average molecular weight is 260 g/mol. The lowest BCUT2D eigenvalue weighted by atomic mass is 10.0. The molecule has 1 atom stereocenters. The van der Waals surface area contributed by atoms with E-state index in [0.29, 0.717) is 25.2 Å². The zero-order valence-electron chi connectivity index (χ0n) is 11.5. The van der Waals surface area contributed by atoms with Gasteiger partial charge in [-0.25, -0.2) is 0 Å². The normalized spacial score (nSPS) is 13.2. The Kier molecular flexibility index (Phi) is 7.51. The molecule has 0 aromatic carbocycles. The molecule has 0 N–H and O–H groups in total. The van der Waals surface area contributed by atoms with Gasteiger partial charge in [-0.15, -0.1) is 0 Å². The number of hydrogen-bond donors (Lipinski definition) is 0. The van der Waals surface area contributed by atoms with E-state index < -0.39 is 0 Å². The number of esters is 1. The monoisotopic (exact) mass is 260 g/mol. The van der Waals surface area contributed by atoms with Crippen LogP contribution in [0.3, 0.4) is 0 Å². The third kappa shape index (κ3) is 8.25. The molecule has 100 valence electrons. The van der Waals surface area contributed by atoms with Crippen LogP contribution in [0, 0.1) is 5.92 Å². The molecule has 4 heteroatoms. The van der Waals surface area contributed by atoms with Gasteiger partial charge in [-0.05, 0) is 6.92 Å². The fourth-order valence-electron chi connectivity index (χ4n) is 1.24. The van der Waals surface area contributed by atoms with Gasteiger partial charge in [0.1, 0.15) is 5.78 Å². The Bertz CT molecular complexity index is 256. The zero-order chi connectivity index (χ0) is 13.5. The van der Waals surface area contributed by atoms with Crippen LogP contribution in [0.5, 0.6) is 0 Å². The van der Waals surface area contributed by atoms with Gasteiger partial charge in [0.15, 0.2) is 0 Å². The molecule has 0 amide bonds. The topological polar surface area (TPSA) is 43.4 Å². The van der Waals surface area contributed by atoms with Crippen LogP contribution < -0.4 is 0 Å². The molecule has 0 fully saturated rings. The number of ketones is 1. The fourth-order valence-corrected chi connectivity index (χ4v) is 2.20. The van der Waals surface area contributed by atoms with Gasteiger partial charge >= 0.3 is 5.97 Å². The van der Waals surface area contributed by atoms with E-state index in [2.05, 4.69) is 20.8 Å². The van der Waals surface area contributed by atoms with Crippen LogP contribution >= 0.6 is 11.8 Å². The van der Waals surface area contributed by atoms with E-state index in [-0.39, 0.29) is 22.4 Å². The van der Waals surface area contributed by atoms with Crippen molar-refractivity contribution in [2.75, 3.05) is 12.4 Å². The summed E-state index contributed by atoms with van der Waals surface area (Å²) in [6.45, 7) is 10.3. The summed E-state index contributed by atoms with van der Waals surface area (Å²) >= 11 is 1.70. The van der Waals surface area contributed by atoms with Crippen LogP contribution in [-0.4, -0.2) is 28.9 Å². The van der Waals surface area contributed by atoms with Crippen LogP contribution in [0.4, 0.5) is 0 Å². The smallest absolute Gasteiger partial charge is 0.310 e. The van der Waals surface area contributed by atoms with Gasteiger partial charge in [0.25, 0.3) is 0 Å². The molecular formula is C13H24O3S. The number of ether oxygens (including phenoxy) is 1. The van der Waals surface area contributed by atoms with Gasteiger partial charge < -0.3 is 4.74 Å². The second-order valence-electron chi connectivity index (χ2n) is 4.97. The van der Waals surface area contributed by atoms with Gasteiger partial charge in [0, 0.05) is 23.3 Å². The standard InChI is InChI=1S/C13H24O3S/c1-6-11(14)8-10(12(15)16-7-2)9-17-13(3,4)5/h10H,6-9H2,1-5H3/t10-/m0/s1. The summed E-state index contributed by atoms with van der Waals surface area (Å²) in [6.07, 6.45) is 0.786. The van der Waals surface area contributed by atoms with Gasteiger partial charge in [-0.1, -0.05) is 27.7 Å². The molecular weight excluding hydrogens is 236 g/mol. The Hall–Kier alpha value is -0.510. The van der Waals surface area contributed by atoms with E-state index in [1.54, 1.807) is 18.7 Å². The fraction of sp³-hybridized carbons (Fsp3) is 0.846. The molecule has 0 radical (unpaired) electrons. The molecule has 0 rings (SSSR count). The number of carbonyl (C=O) groups excluding carboxylic acids is 2.